The maximum absolute atomic E-state index is 5.06. The second kappa shape index (κ2) is 11.7. The maximum atomic E-state index is 5.06. The summed E-state index contributed by atoms with van der Waals surface area (Å²) in [6.07, 6.45) is 23.1. The first-order chi connectivity index (χ1) is 26.8. The van der Waals surface area contributed by atoms with Crippen molar-refractivity contribution in [1.29, 1.82) is 0 Å². The average molecular weight is 690 g/mol. The van der Waals surface area contributed by atoms with E-state index in [1.165, 1.54) is 103 Å². The predicted molar refractivity (Wildman–Crippen MR) is 229 cm³/mol. The summed E-state index contributed by atoms with van der Waals surface area (Å²) in [5, 5.41) is 13.6. The summed E-state index contributed by atoms with van der Waals surface area (Å²) < 4.78 is 0. The molecule has 0 radical (unpaired) electrons. The molecule has 1 nitrogen and oxygen atoms in total. The molecular weight excluding hydrogens is 651 g/mol. The minimum Gasteiger partial charge on any atom is -0.260 e. The Kier molecular flexibility index (Phi) is 6.60. The SMILES string of the molecule is C1=Cc2c(c(-c3ccc4ccccc4c3)c3cc(-c4c5c6c(c7ccccc47)C4=NC=CCC4C=6CCC=5)ccc3c2C2C=c3ccccc3=CC2)CC1. The summed E-state index contributed by atoms with van der Waals surface area (Å²) in [6, 6.07) is 41.5. The monoisotopic (exact) mass is 689 g/mol. The van der Waals surface area contributed by atoms with Crippen molar-refractivity contribution < 1.29 is 0 Å². The van der Waals surface area contributed by atoms with E-state index in [9.17, 15) is 0 Å². The van der Waals surface area contributed by atoms with Gasteiger partial charge in [-0.1, -0.05) is 139 Å². The number of hydrogen-bond acceptors (Lipinski definition) is 1. The Balaban J connectivity index is 1.20. The van der Waals surface area contributed by atoms with E-state index in [2.05, 4.69) is 146 Å². The molecule has 1 heteroatoms. The fraction of sp³-hybridized carbons (Fsp3) is 0.151. The van der Waals surface area contributed by atoms with Crippen LogP contribution in [0.3, 0.4) is 0 Å². The molecule has 54 heavy (non-hydrogen) atoms. The third kappa shape index (κ3) is 4.36. The number of aliphatic imine (C=N–C) groups is 1. The molecule has 2 unspecified atom stereocenters. The maximum Gasteiger partial charge on any atom is 0.0562 e. The second-order valence-corrected chi connectivity index (χ2v) is 15.8. The lowest BCUT2D eigenvalue weighted by atomic mass is 9.76. The lowest BCUT2D eigenvalue weighted by molar-refractivity contribution is 0.844. The third-order valence-electron chi connectivity index (χ3n) is 13.0. The first-order valence-electron chi connectivity index (χ1n) is 19.9. The summed E-state index contributed by atoms with van der Waals surface area (Å²) >= 11 is 0. The van der Waals surface area contributed by atoms with E-state index in [1.807, 2.05) is 6.20 Å². The average Bonchev–Trinajstić information content (AvgIpc) is 3.58. The standard InChI is InChI=1S/C53H39N/c1-3-13-34-29-36(24-22-32(34)11-1)48-39-15-5-6-16-40(39)50(37-25-23-33-12-2-4-14-35(33)30-37)47-31-38(26-27-44(47)48)49-41-17-7-8-18-42(41)52-51-43(19-9-20-46(49)51)45-21-10-28-54-53(45)52/h1-5,7-8,10-15,17-18,20,22-23,25-31,36,45H,6,9,16,19,21,24H2. The van der Waals surface area contributed by atoms with Crippen LogP contribution in [-0.2, 0) is 6.42 Å². The van der Waals surface area contributed by atoms with E-state index in [1.54, 1.807) is 5.57 Å². The molecule has 1 aliphatic heterocycles. The van der Waals surface area contributed by atoms with Gasteiger partial charge in [0.05, 0.1) is 5.71 Å². The van der Waals surface area contributed by atoms with Gasteiger partial charge in [0.25, 0.3) is 0 Å². The van der Waals surface area contributed by atoms with Crippen molar-refractivity contribution in [2.24, 2.45) is 10.9 Å². The normalized spacial score (nSPS) is 19.0. The Hall–Kier alpha value is -6.05. The van der Waals surface area contributed by atoms with Crippen molar-refractivity contribution in [3.63, 3.8) is 0 Å². The molecule has 5 aliphatic rings. The highest BCUT2D eigenvalue weighted by Gasteiger charge is 2.34. The van der Waals surface area contributed by atoms with Gasteiger partial charge in [0.1, 0.15) is 0 Å². The van der Waals surface area contributed by atoms with E-state index in [-0.39, 0.29) is 0 Å². The first-order valence-corrected chi connectivity index (χ1v) is 19.9. The smallest absolute Gasteiger partial charge is 0.0562 e. The van der Waals surface area contributed by atoms with Crippen LogP contribution >= 0.6 is 0 Å². The molecule has 12 rings (SSSR count). The quantitative estimate of drug-likeness (QED) is 0.175. The van der Waals surface area contributed by atoms with E-state index >= 15 is 0 Å². The van der Waals surface area contributed by atoms with Gasteiger partial charge in [0.2, 0.25) is 0 Å². The summed E-state index contributed by atoms with van der Waals surface area (Å²) in [5.74, 6) is 0.712. The van der Waals surface area contributed by atoms with Gasteiger partial charge >= 0.3 is 0 Å². The highest BCUT2D eigenvalue weighted by Crippen LogP contribution is 2.47. The van der Waals surface area contributed by atoms with Crippen LogP contribution in [0.15, 0.2) is 133 Å². The molecule has 0 saturated carbocycles. The fourth-order valence-corrected chi connectivity index (χ4v) is 10.8. The molecule has 0 aromatic heterocycles. The molecule has 4 aliphatic carbocycles. The van der Waals surface area contributed by atoms with Crippen LogP contribution in [-0.4, -0.2) is 5.71 Å². The van der Waals surface area contributed by atoms with E-state index in [0.717, 1.165) is 38.5 Å². The Morgan fingerprint density at radius 2 is 1.37 bits per heavy atom. The lowest BCUT2D eigenvalue weighted by Crippen LogP contribution is -2.33. The molecule has 0 fully saturated rings. The van der Waals surface area contributed by atoms with Crippen molar-refractivity contribution in [2.45, 2.75) is 44.4 Å². The number of fused-ring (bicyclic) bond motifs is 9. The zero-order chi connectivity index (χ0) is 35.3. The predicted octanol–water partition coefficient (Wildman–Crippen LogP) is 10.2. The van der Waals surface area contributed by atoms with Gasteiger partial charge in [0.15, 0.2) is 0 Å². The molecule has 256 valence electrons. The summed E-state index contributed by atoms with van der Waals surface area (Å²) in [5.41, 5.74) is 14.1. The zero-order valence-corrected chi connectivity index (χ0v) is 30.3. The zero-order valence-electron chi connectivity index (χ0n) is 30.3. The largest absolute Gasteiger partial charge is 0.260 e. The van der Waals surface area contributed by atoms with Crippen molar-refractivity contribution in [3.05, 3.63) is 171 Å². The van der Waals surface area contributed by atoms with Crippen molar-refractivity contribution in [3.8, 4) is 22.3 Å². The molecule has 2 atom stereocenters. The van der Waals surface area contributed by atoms with Gasteiger partial charge in [-0.3, -0.25) is 4.99 Å². The number of benzene rings is 7. The van der Waals surface area contributed by atoms with Gasteiger partial charge < -0.3 is 0 Å². The molecule has 0 saturated heterocycles. The molecule has 0 spiro atoms. The Bertz CT molecular complexity index is 3170. The van der Waals surface area contributed by atoms with Gasteiger partial charge in [-0.15, -0.1) is 0 Å². The molecular formula is C53H39N. The van der Waals surface area contributed by atoms with Crippen LogP contribution in [0.25, 0.3) is 84.4 Å². The fourth-order valence-electron chi connectivity index (χ4n) is 10.8. The minimum absolute atomic E-state index is 0.306. The summed E-state index contributed by atoms with van der Waals surface area (Å²) in [6.45, 7) is 0. The van der Waals surface area contributed by atoms with Crippen LogP contribution < -0.4 is 20.9 Å². The molecule has 0 N–H and O–H groups in total. The molecule has 1 heterocycles. The Morgan fingerprint density at radius 1 is 0.574 bits per heavy atom. The Morgan fingerprint density at radius 3 is 2.30 bits per heavy atom. The number of hydrogen-bond donors (Lipinski definition) is 0. The van der Waals surface area contributed by atoms with Crippen LogP contribution in [0.4, 0.5) is 0 Å². The number of rotatable bonds is 3. The second-order valence-electron chi connectivity index (χ2n) is 15.8. The highest BCUT2D eigenvalue weighted by atomic mass is 14.7. The summed E-state index contributed by atoms with van der Waals surface area (Å²) in [4.78, 5) is 5.06. The van der Waals surface area contributed by atoms with Gasteiger partial charge in [-0.05, 0) is 143 Å². The topological polar surface area (TPSA) is 12.4 Å². The molecule has 7 aromatic carbocycles. The van der Waals surface area contributed by atoms with Crippen LogP contribution in [0, 0.1) is 5.92 Å². The van der Waals surface area contributed by atoms with Gasteiger partial charge in [0, 0.05) is 23.6 Å². The van der Waals surface area contributed by atoms with Crippen molar-refractivity contribution in [2.75, 3.05) is 0 Å². The van der Waals surface area contributed by atoms with Crippen LogP contribution in [0.5, 0.6) is 0 Å². The van der Waals surface area contributed by atoms with E-state index < -0.39 is 0 Å². The third-order valence-corrected chi connectivity index (χ3v) is 13.0. The van der Waals surface area contributed by atoms with E-state index in [0.29, 0.717) is 11.8 Å². The van der Waals surface area contributed by atoms with Crippen LogP contribution in [0.2, 0.25) is 0 Å². The van der Waals surface area contributed by atoms with E-state index in [4.69, 9.17) is 4.99 Å². The number of allylic oxidation sites excluding steroid dienone is 2. The van der Waals surface area contributed by atoms with Crippen molar-refractivity contribution >= 4 is 67.9 Å². The van der Waals surface area contributed by atoms with Crippen LogP contribution in [0.1, 0.15) is 60.3 Å². The molecule has 0 amide bonds. The Labute approximate surface area is 315 Å². The first kappa shape index (κ1) is 30.4. The molecule has 7 aromatic rings. The van der Waals surface area contributed by atoms with Gasteiger partial charge in [-0.25, -0.2) is 0 Å². The highest BCUT2D eigenvalue weighted by molar-refractivity contribution is 6.21. The molecule has 0 bridgehead atoms. The lowest BCUT2D eigenvalue weighted by Gasteiger charge is -2.28. The summed E-state index contributed by atoms with van der Waals surface area (Å²) in [7, 11) is 0. The van der Waals surface area contributed by atoms with Gasteiger partial charge in [-0.2, -0.15) is 0 Å². The number of nitrogens with zero attached hydrogens (tertiary/aromatic N) is 1. The van der Waals surface area contributed by atoms with Crippen molar-refractivity contribution in [1.82, 2.24) is 0 Å². The minimum atomic E-state index is 0.306.